The summed E-state index contributed by atoms with van der Waals surface area (Å²) >= 11 is 0. The molecule has 0 saturated carbocycles. The van der Waals surface area contributed by atoms with Crippen molar-refractivity contribution in [1.29, 1.82) is 0 Å². The second-order valence-corrected chi connectivity index (χ2v) is 9.18. The summed E-state index contributed by atoms with van der Waals surface area (Å²) in [5, 5.41) is 3.49. The molecule has 1 aromatic carbocycles. The molecule has 1 saturated heterocycles. The zero-order chi connectivity index (χ0) is 21.6. The Bertz CT molecular complexity index is 816. The van der Waals surface area contributed by atoms with Crippen LogP contribution in [-0.2, 0) is 17.9 Å². The predicted molar refractivity (Wildman–Crippen MR) is 138 cm³/mol. The first-order valence-electron chi connectivity index (χ1n) is 11.1. The molecule has 31 heavy (non-hydrogen) atoms. The van der Waals surface area contributed by atoms with E-state index in [2.05, 4.69) is 84.8 Å². The molecule has 1 aliphatic heterocycles. The second-order valence-electron chi connectivity index (χ2n) is 9.18. The molecule has 7 heteroatoms. The summed E-state index contributed by atoms with van der Waals surface area (Å²) in [7, 11) is 0. The van der Waals surface area contributed by atoms with E-state index in [-0.39, 0.29) is 29.6 Å². The van der Waals surface area contributed by atoms with E-state index in [4.69, 9.17) is 9.73 Å². The topological polar surface area (TPSA) is 54.7 Å². The number of aromatic nitrogens is 2. The van der Waals surface area contributed by atoms with Gasteiger partial charge in [-0.05, 0) is 51.2 Å². The van der Waals surface area contributed by atoms with Crippen molar-refractivity contribution in [3.05, 3.63) is 54.1 Å². The monoisotopic (exact) mass is 539 g/mol. The van der Waals surface area contributed by atoms with Crippen molar-refractivity contribution in [3.8, 4) is 0 Å². The maximum atomic E-state index is 5.92. The summed E-state index contributed by atoms with van der Waals surface area (Å²) in [5.41, 5.74) is 2.26. The van der Waals surface area contributed by atoms with Crippen molar-refractivity contribution in [1.82, 2.24) is 19.8 Å². The maximum Gasteiger partial charge on any atom is 0.194 e. The quantitative estimate of drug-likeness (QED) is 0.324. The van der Waals surface area contributed by atoms with E-state index in [9.17, 15) is 0 Å². The highest BCUT2D eigenvalue weighted by atomic mass is 127. The van der Waals surface area contributed by atoms with Crippen LogP contribution in [0.3, 0.4) is 0 Å². The summed E-state index contributed by atoms with van der Waals surface area (Å²) in [6.07, 6.45) is 7.01. The normalized spacial score (nSPS) is 19.8. The van der Waals surface area contributed by atoms with Crippen molar-refractivity contribution >= 4 is 29.9 Å². The Morgan fingerprint density at radius 1 is 1.29 bits per heavy atom. The van der Waals surface area contributed by atoms with Gasteiger partial charge >= 0.3 is 0 Å². The molecule has 2 aromatic rings. The van der Waals surface area contributed by atoms with E-state index in [1.54, 1.807) is 0 Å². The lowest BCUT2D eigenvalue weighted by molar-refractivity contribution is -0.0149. The van der Waals surface area contributed by atoms with Crippen molar-refractivity contribution in [3.63, 3.8) is 0 Å². The first-order chi connectivity index (χ1) is 14.4. The summed E-state index contributed by atoms with van der Waals surface area (Å²) in [6.45, 7) is 14.8. The molecule has 1 aromatic heterocycles. The number of ether oxygens (including phenoxy) is 1. The first kappa shape index (κ1) is 25.6. The Balaban J connectivity index is 0.00000341. The minimum absolute atomic E-state index is 0. The van der Waals surface area contributed by atoms with Crippen LogP contribution in [-0.4, -0.2) is 45.6 Å². The van der Waals surface area contributed by atoms with Crippen LogP contribution in [0.25, 0.3) is 0 Å². The van der Waals surface area contributed by atoms with Gasteiger partial charge in [0.1, 0.15) is 0 Å². The van der Waals surface area contributed by atoms with Gasteiger partial charge in [0.15, 0.2) is 5.96 Å². The van der Waals surface area contributed by atoms with Gasteiger partial charge in [0, 0.05) is 32.0 Å². The van der Waals surface area contributed by atoms with Crippen LogP contribution in [0.5, 0.6) is 0 Å². The number of hydrogen-bond acceptors (Lipinski definition) is 3. The largest absolute Gasteiger partial charge is 0.371 e. The Labute approximate surface area is 204 Å². The van der Waals surface area contributed by atoms with Gasteiger partial charge in [0.05, 0.1) is 31.1 Å². The number of rotatable bonds is 6. The Hall–Kier alpha value is -1.61. The van der Waals surface area contributed by atoms with Gasteiger partial charge in [-0.25, -0.2) is 9.98 Å². The van der Waals surface area contributed by atoms with Gasteiger partial charge < -0.3 is 19.5 Å². The third kappa shape index (κ3) is 7.79. The van der Waals surface area contributed by atoms with Crippen LogP contribution >= 0.6 is 24.0 Å². The van der Waals surface area contributed by atoms with Gasteiger partial charge in [-0.2, -0.15) is 0 Å². The zero-order valence-corrected chi connectivity index (χ0v) is 21.9. The lowest BCUT2D eigenvalue weighted by Gasteiger charge is -2.39. The average molecular weight is 540 g/mol. The molecule has 172 valence electrons. The first-order valence-corrected chi connectivity index (χ1v) is 11.1. The zero-order valence-electron chi connectivity index (χ0n) is 19.5. The predicted octanol–water partition coefficient (Wildman–Crippen LogP) is 4.86. The van der Waals surface area contributed by atoms with E-state index < -0.39 is 0 Å². The third-order valence-corrected chi connectivity index (χ3v) is 5.54. The van der Waals surface area contributed by atoms with Crippen molar-refractivity contribution in [2.45, 2.75) is 65.8 Å². The minimum Gasteiger partial charge on any atom is -0.371 e. The molecule has 1 N–H and O–H groups in total. The van der Waals surface area contributed by atoms with Crippen molar-refractivity contribution in [2.75, 3.05) is 19.6 Å². The number of benzene rings is 1. The molecule has 2 atom stereocenters. The number of halogens is 1. The van der Waals surface area contributed by atoms with E-state index in [0.29, 0.717) is 25.1 Å². The number of likely N-dealkylation sites (tertiary alicyclic amines) is 1. The van der Waals surface area contributed by atoms with Crippen LogP contribution in [0.15, 0.2) is 48.0 Å². The molecule has 3 rings (SSSR count). The van der Waals surface area contributed by atoms with Crippen LogP contribution in [0.4, 0.5) is 0 Å². The minimum atomic E-state index is -0.135. The molecule has 0 spiro atoms. The highest BCUT2D eigenvalue weighted by Gasteiger charge is 2.28. The standard InChI is InChI=1S/C24H37N5O.HI/c1-6-26-23(28-12-10-19(2)22(16-28)29-13-11-25-18-29)27-15-20-8-7-9-21(14-20)17-30-24(3,4)5;/h7-9,11,13-14,18-19,22H,6,10,12,15-17H2,1-5H3,(H,26,27);1H. The van der Waals surface area contributed by atoms with Crippen LogP contribution in [0.2, 0.25) is 0 Å². The molecule has 2 unspecified atom stereocenters. The number of hydrogen-bond donors (Lipinski definition) is 1. The summed E-state index contributed by atoms with van der Waals surface area (Å²) in [4.78, 5) is 11.6. The maximum absolute atomic E-state index is 5.92. The number of imidazole rings is 1. The highest BCUT2D eigenvalue weighted by molar-refractivity contribution is 14.0. The number of guanidine groups is 1. The van der Waals surface area contributed by atoms with Gasteiger partial charge in [-0.15, -0.1) is 24.0 Å². The van der Waals surface area contributed by atoms with Gasteiger partial charge in [-0.3, -0.25) is 0 Å². The molecule has 0 bridgehead atoms. The van der Waals surface area contributed by atoms with Crippen LogP contribution < -0.4 is 5.32 Å². The van der Waals surface area contributed by atoms with E-state index in [1.165, 1.54) is 11.1 Å². The molecule has 2 heterocycles. The molecule has 1 fully saturated rings. The SMILES string of the molecule is CCNC(=NCc1cccc(COC(C)(C)C)c1)N1CCC(C)C(n2ccnc2)C1.I. The van der Waals surface area contributed by atoms with E-state index in [1.807, 2.05) is 12.5 Å². The highest BCUT2D eigenvalue weighted by Crippen LogP contribution is 2.27. The Kier molecular flexibility index (Phi) is 9.81. The second kappa shape index (κ2) is 11.9. The third-order valence-electron chi connectivity index (χ3n) is 5.54. The van der Waals surface area contributed by atoms with Crippen molar-refractivity contribution in [2.24, 2.45) is 10.9 Å². The lowest BCUT2D eigenvalue weighted by Crippen LogP contribution is -2.49. The summed E-state index contributed by atoms with van der Waals surface area (Å²) < 4.78 is 8.16. The number of aliphatic imine (C=N–C) groups is 1. The number of piperidine rings is 1. The molecular weight excluding hydrogens is 501 g/mol. The molecule has 0 aliphatic carbocycles. The van der Waals surface area contributed by atoms with Gasteiger partial charge in [0.25, 0.3) is 0 Å². The molecule has 1 aliphatic rings. The summed E-state index contributed by atoms with van der Waals surface area (Å²) in [6, 6.07) is 8.97. The number of nitrogens with zero attached hydrogens (tertiary/aromatic N) is 4. The fraction of sp³-hybridized carbons (Fsp3) is 0.583. The molecular formula is C24H38IN5O. The summed E-state index contributed by atoms with van der Waals surface area (Å²) in [5.74, 6) is 1.61. The molecule has 6 nitrogen and oxygen atoms in total. The number of nitrogens with one attached hydrogen (secondary N) is 1. The fourth-order valence-electron chi connectivity index (χ4n) is 3.80. The Morgan fingerprint density at radius 2 is 2.06 bits per heavy atom. The van der Waals surface area contributed by atoms with E-state index >= 15 is 0 Å². The van der Waals surface area contributed by atoms with E-state index in [0.717, 1.165) is 32.0 Å². The molecule has 0 amide bonds. The van der Waals surface area contributed by atoms with Crippen LogP contribution in [0, 0.1) is 5.92 Å². The van der Waals surface area contributed by atoms with Crippen molar-refractivity contribution < 1.29 is 4.74 Å². The Morgan fingerprint density at radius 3 is 2.74 bits per heavy atom. The lowest BCUT2D eigenvalue weighted by atomic mass is 9.93. The van der Waals surface area contributed by atoms with Crippen LogP contribution in [0.1, 0.15) is 58.2 Å². The van der Waals surface area contributed by atoms with Gasteiger partial charge in [0.2, 0.25) is 0 Å². The van der Waals surface area contributed by atoms with Gasteiger partial charge in [-0.1, -0.05) is 31.2 Å². The average Bonchev–Trinajstić information content (AvgIpc) is 3.24. The fourth-order valence-corrected chi connectivity index (χ4v) is 3.80. The molecule has 0 radical (unpaired) electrons. The smallest absolute Gasteiger partial charge is 0.194 e.